The fourth-order valence-corrected chi connectivity index (χ4v) is 1.14. The number of rotatable bonds is 2. The van der Waals surface area contributed by atoms with Crippen molar-refractivity contribution in [3.63, 3.8) is 0 Å². The van der Waals surface area contributed by atoms with E-state index in [1.807, 2.05) is 13.0 Å². The van der Waals surface area contributed by atoms with Crippen molar-refractivity contribution in [3.8, 4) is 0 Å². The van der Waals surface area contributed by atoms with Crippen molar-refractivity contribution in [2.45, 2.75) is 13.3 Å². The molecule has 0 radical (unpaired) electrons. The van der Waals surface area contributed by atoms with E-state index in [-0.39, 0.29) is 0 Å². The second-order valence-electron chi connectivity index (χ2n) is 2.32. The smallest absolute Gasteiger partial charge is 0.0422 e. The second-order valence-corrected chi connectivity index (χ2v) is 2.75. The molecule has 3 nitrogen and oxygen atoms in total. The van der Waals surface area contributed by atoms with E-state index in [4.69, 9.17) is 17.1 Å². The third kappa shape index (κ3) is 1.91. The molecule has 0 aliphatic heterocycles. The Bertz CT molecular complexity index is 329. The van der Waals surface area contributed by atoms with Crippen LogP contribution in [0.3, 0.4) is 0 Å². The van der Waals surface area contributed by atoms with Gasteiger partial charge in [0.15, 0.2) is 0 Å². The van der Waals surface area contributed by atoms with Crippen LogP contribution in [0.4, 0.5) is 5.69 Å². The lowest BCUT2D eigenvalue weighted by atomic mass is 10.1. The second kappa shape index (κ2) is 4.00. The van der Waals surface area contributed by atoms with Crippen LogP contribution in [0.1, 0.15) is 12.5 Å². The van der Waals surface area contributed by atoms with Gasteiger partial charge in [-0.05, 0) is 29.6 Å². The van der Waals surface area contributed by atoms with Crippen LogP contribution in [0.2, 0.25) is 5.02 Å². The molecular formula is C8H8ClN3. The first kappa shape index (κ1) is 8.91. The van der Waals surface area contributed by atoms with E-state index in [1.54, 1.807) is 12.1 Å². The van der Waals surface area contributed by atoms with Crippen LogP contribution in [0.15, 0.2) is 23.3 Å². The zero-order valence-corrected chi connectivity index (χ0v) is 7.41. The zero-order chi connectivity index (χ0) is 8.97. The Labute approximate surface area is 75.6 Å². The molecule has 0 saturated heterocycles. The van der Waals surface area contributed by atoms with Crippen molar-refractivity contribution in [2.75, 3.05) is 0 Å². The number of benzene rings is 1. The summed E-state index contributed by atoms with van der Waals surface area (Å²) in [5, 5.41) is 4.13. The number of hydrogen-bond donors (Lipinski definition) is 0. The van der Waals surface area contributed by atoms with Gasteiger partial charge in [-0.1, -0.05) is 29.7 Å². The molecule has 1 aromatic rings. The number of hydrogen-bond acceptors (Lipinski definition) is 1. The van der Waals surface area contributed by atoms with E-state index in [0.29, 0.717) is 10.7 Å². The average Bonchev–Trinajstić information content (AvgIpc) is 2.05. The first-order valence-corrected chi connectivity index (χ1v) is 3.99. The minimum atomic E-state index is 0.592. The quantitative estimate of drug-likeness (QED) is 0.378. The van der Waals surface area contributed by atoms with Gasteiger partial charge in [0.05, 0.1) is 0 Å². The van der Waals surface area contributed by atoms with Crippen molar-refractivity contribution in [1.29, 1.82) is 0 Å². The predicted molar refractivity (Wildman–Crippen MR) is 49.6 cm³/mol. The average molecular weight is 182 g/mol. The van der Waals surface area contributed by atoms with Gasteiger partial charge in [-0.25, -0.2) is 0 Å². The van der Waals surface area contributed by atoms with Crippen molar-refractivity contribution in [2.24, 2.45) is 5.11 Å². The maximum Gasteiger partial charge on any atom is 0.0422 e. The summed E-state index contributed by atoms with van der Waals surface area (Å²) in [4.78, 5) is 2.72. The molecular weight excluding hydrogens is 174 g/mol. The molecule has 1 aromatic carbocycles. The Kier molecular flexibility index (Phi) is 2.97. The van der Waals surface area contributed by atoms with Crippen LogP contribution in [-0.4, -0.2) is 0 Å². The number of aryl methyl sites for hydroxylation is 1. The summed E-state index contributed by atoms with van der Waals surface area (Å²) in [6, 6.07) is 5.32. The lowest BCUT2D eigenvalue weighted by molar-refractivity contribution is 1.13. The lowest BCUT2D eigenvalue weighted by Gasteiger charge is -2.00. The standard InChI is InChI=1S/C8H8ClN3/c1-2-6-3-4-7(9)5-8(6)11-12-10/h3-5H,2H2,1H3. The first-order valence-electron chi connectivity index (χ1n) is 3.61. The highest BCUT2D eigenvalue weighted by Gasteiger charge is 1.98. The Morgan fingerprint density at radius 3 is 2.92 bits per heavy atom. The summed E-state index contributed by atoms with van der Waals surface area (Å²) in [6.45, 7) is 2.00. The molecule has 0 N–H and O–H groups in total. The fraction of sp³-hybridized carbons (Fsp3) is 0.250. The molecule has 62 valence electrons. The first-order chi connectivity index (χ1) is 5.77. The largest absolute Gasteiger partial charge is 0.0843 e. The number of halogens is 1. The molecule has 0 atom stereocenters. The molecule has 4 heteroatoms. The van der Waals surface area contributed by atoms with Gasteiger partial charge in [0.2, 0.25) is 0 Å². The van der Waals surface area contributed by atoms with Gasteiger partial charge >= 0.3 is 0 Å². The SMILES string of the molecule is CCc1ccc(Cl)cc1N=[N+]=[N-]. The predicted octanol–water partition coefficient (Wildman–Crippen LogP) is 3.84. The Hall–Kier alpha value is -1.18. The molecule has 12 heavy (non-hydrogen) atoms. The monoisotopic (exact) mass is 181 g/mol. The number of azide groups is 1. The maximum absolute atomic E-state index is 8.25. The molecule has 0 spiro atoms. The van der Waals surface area contributed by atoms with Crippen molar-refractivity contribution in [1.82, 2.24) is 0 Å². The summed E-state index contributed by atoms with van der Waals surface area (Å²) < 4.78 is 0. The van der Waals surface area contributed by atoms with Crippen LogP contribution in [-0.2, 0) is 6.42 Å². The van der Waals surface area contributed by atoms with Crippen molar-refractivity contribution >= 4 is 17.3 Å². The van der Waals surface area contributed by atoms with Crippen molar-refractivity contribution in [3.05, 3.63) is 39.2 Å². The molecule has 0 saturated carbocycles. The third-order valence-corrected chi connectivity index (χ3v) is 1.82. The Morgan fingerprint density at radius 1 is 1.58 bits per heavy atom. The minimum Gasteiger partial charge on any atom is -0.0843 e. The summed E-state index contributed by atoms with van der Waals surface area (Å²) in [7, 11) is 0. The summed E-state index contributed by atoms with van der Waals surface area (Å²) in [5.74, 6) is 0. The van der Waals surface area contributed by atoms with Gasteiger partial charge < -0.3 is 0 Å². The van der Waals surface area contributed by atoms with Crippen molar-refractivity contribution < 1.29 is 0 Å². The Morgan fingerprint density at radius 2 is 2.33 bits per heavy atom. The van der Waals surface area contributed by atoms with Crippen LogP contribution < -0.4 is 0 Å². The molecule has 0 heterocycles. The van der Waals surface area contributed by atoms with E-state index in [9.17, 15) is 0 Å². The van der Waals surface area contributed by atoms with Gasteiger partial charge in [-0.15, -0.1) is 0 Å². The minimum absolute atomic E-state index is 0.592. The summed E-state index contributed by atoms with van der Waals surface area (Å²) in [6.07, 6.45) is 0.839. The van der Waals surface area contributed by atoms with Crippen LogP contribution in [0.25, 0.3) is 10.4 Å². The molecule has 0 aliphatic rings. The highest BCUT2D eigenvalue weighted by molar-refractivity contribution is 6.30. The third-order valence-electron chi connectivity index (χ3n) is 1.58. The summed E-state index contributed by atoms with van der Waals surface area (Å²) >= 11 is 5.73. The maximum atomic E-state index is 8.25. The summed E-state index contributed by atoms with van der Waals surface area (Å²) in [5.41, 5.74) is 9.88. The van der Waals surface area contributed by atoms with E-state index in [1.165, 1.54) is 0 Å². The van der Waals surface area contributed by atoms with Crippen LogP contribution >= 0.6 is 11.6 Å². The van der Waals surface area contributed by atoms with Gasteiger partial charge in [0, 0.05) is 15.6 Å². The molecule has 1 rings (SSSR count). The molecule has 0 unspecified atom stereocenters. The molecule has 0 aromatic heterocycles. The zero-order valence-electron chi connectivity index (χ0n) is 6.66. The van der Waals surface area contributed by atoms with Crippen LogP contribution in [0.5, 0.6) is 0 Å². The molecule has 0 amide bonds. The van der Waals surface area contributed by atoms with Gasteiger partial charge in [-0.3, -0.25) is 0 Å². The highest BCUT2D eigenvalue weighted by atomic mass is 35.5. The van der Waals surface area contributed by atoms with E-state index >= 15 is 0 Å². The molecule has 0 aliphatic carbocycles. The highest BCUT2D eigenvalue weighted by Crippen LogP contribution is 2.24. The molecule has 0 bridgehead atoms. The Balaban J connectivity index is 3.20. The lowest BCUT2D eigenvalue weighted by Crippen LogP contribution is -1.79. The topological polar surface area (TPSA) is 48.8 Å². The normalized spacial score (nSPS) is 9.17. The van der Waals surface area contributed by atoms with E-state index in [0.717, 1.165) is 12.0 Å². The fourth-order valence-electron chi connectivity index (χ4n) is 0.977. The van der Waals surface area contributed by atoms with E-state index < -0.39 is 0 Å². The number of nitrogens with zero attached hydrogens (tertiary/aromatic N) is 3. The van der Waals surface area contributed by atoms with Gasteiger partial charge in [0.1, 0.15) is 0 Å². The van der Waals surface area contributed by atoms with Gasteiger partial charge in [-0.2, -0.15) is 0 Å². The van der Waals surface area contributed by atoms with Crippen LogP contribution in [0, 0.1) is 0 Å². The van der Waals surface area contributed by atoms with E-state index in [2.05, 4.69) is 10.0 Å². The molecule has 0 fully saturated rings. The van der Waals surface area contributed by atoms with Gasteiger partial charge in [0.25, 0.3) is 0 Å².